The lowest BCUT2D eigenvalue weighted by Gasteiger charge is -2.37. The second-order valence-electron chi connectivity index (χ2n) is 5.24. The number of rotatable bonds is 1. The molecule has 0 spiro atoms. The van der Waals surface area contributed by atoms with Crippen LogP contribution in [0.3, 0.4) is 0 Å². The number of carbonyl (C=O) groups is 1. The lowest BCUT2D eigenvalue weighted by Crippen LogP contribution is -2.54. The van der Waals surface area contributed by atoms with Gasteiger partial charge in [-0.3, -0.25) is 4.90 Å². The van der Waals surface area contributed by atoms with Gasteiger partial charge in [0.15, 0.2) is 0 Å². The summed E-state index contributed by atoms with van der Waals surface area (Å²) in [5.74, 6) is 0. The zero-order chi connectivity index (χ0) is 12.3. The fourth-order valence-corrected chi connectivity index (χ4v) is 1.64. The molecule has 1 amide bonds. The highest BCUT2D eigenvalue weighted by Crippen LogP contribution is 2.12. The Labute approximate surface area is 97.5 Å². The summed E-state index contributed by atoms with van der Waals surface area (Å²) in [5, 5.41) is 0. The molecule has 1 saturated heterocycles. The number of amides is 1. The Kier molecular flexibility index (Phi) is 4.15. The molecule has 94 valence electrons. The maximum atomic E-state index is 11.7. The van der Waals surface area contributed by atoms with Crippen LogP contribution in [0.5, 0.6) is 0 Å². The Morgan fingerprint density at radius 1 is 1.25 bits per heavy atom. The maximum absolute atomic E-state index is 11.7. The van der Waals surface area contributed by atoms with E-state index in [4.69, 9.17) is 10.5 Å². The Bertz CT molecular complexity index is 240. The summed E-state index contributed by atoms with van der Waals surface area (Å²) in [4.78, 5) is 15.6. The van der Waals surface area contributed by atoms with Crippen molar-refractivity contribution in [3.8, 4) is 0 Å². The quantitative estimate of drug-likeness (QED) is 0.724. The monoisotopic (exact) mass is 229 g/mol. The van der Waals surface area contributed by atoms with Crippen LogP contribution < -0.4 is 5.73 Å². The third-order valence-corrected chi connectivity index (χ3v) is 2.54. The Balaban J connectivity index is 2.39. The molecule has 0 radical (unpaired) electrons. The van der Waals surface area contributed by atoms with E-state index in [1.165, 1.54) is 0 Å². The number of ether oxygens (including phenoxy) is 1. The Morgan fingerprint density at radius 2 is 1.75 bits per heavy atom. The van der Waals surface area contributed by atoms with Crippen molar-refractivity contribution < 1.29 is 9.53 Å². The highest BCUT2D eigenvalue weighted by molar-refractivity contribution is 5.68. The van der Waals surface area contributed by atoms with Crippen LogP contribution in [0.2, 0.25) is 0 Å². The van der Waals surface area contributed by atoms with Gasteiger partial charge in [-0.15, -0.1) is 0 Å². The van der Waals surface area contributed by atoms with E-state index in [9.17, 15) is 4.79 Å². The number of hydrogen-bond donors (Lipinski definition) is 1. The fraction of sp³-hybridized carbons (Fsp3) is 0.909. The Morgan fingerprint density at radius 3 is 2.12 bits per heavy atom. The predicted molar refractivity (Wildman–Crippen MR) is 63.0 cm³/mol. The summed E-state index contributed by atoms with van der Waals surface area (Å²) in [6.07, 6.45) is -0.169. The lowest BCUT2D eigenvalue weighted by atomic mass is 10.2. The zero-order valence-electron chi connectivity index (χ0n) is 10.7. The molecule has 0 saturated carbocycles. The first kappa shape index (κ1) is 13.3. The molecular weight excluding hydrogens is 206 g/mol. The zero-order valence-corrected chi connectivity index (χ0v) is 10.7. The van der Waals surface area contributed by atoms with Crippen LogP contribution in [0.1, 0.15) is 27.7 Å². The summed E-state index contributed by atoms with van der Waals surface area (Å²) in [6, 6.07) is 0. The highest BCUT2D eigenvalue weighted by Gasteiger charge is 2.26. The number of nitrogens with two attached hydrogens (primary N) is 1. The second kappa shape index (κ2) is 5.01. The maximum Gasteiger partial charge on any atom is 0.410 e. The van der Waals surface area contributed by atoms with Crippen LogP contribution in [0, 0.1) is 0 Å². The molecule has 0 aliphatic carbocycles. The van der Waals surface area contributed by atoms with Crippen molar-refractivity contribution in [3.05, 3.63) is 0 Å². The molecule has 0 bridgehead atoms. The molecule has 0 aromatic rings. The number of carbonyl (C=O) groups excluding carboxylic acids is 1. The molecule has 1 unspecified atom stereocenters. The summed E-state index contributed by atoms with van der Waals surface area (Å²) in [5.41, 5.74) is 5.36. The van der Waals surface area contributed by atoms with Gasteiger partial charge in [-0.05, 0) is 27.7 Å². The normalized spacial score (nSPS) is 20.7. The minimum absolute atomic E-state index is 0.0563. The van der Waals surface area contributed by atoms with Gasteiger partial charge in [-0.2, -0.15) is 0 Å². The van der Waals surface area contributed by atoms with Gasteiger partial charge in [0.2, 0.25) is 0 Å². The minimum atomic E-state index is -0.421. The lowest BCUT2D eigenvalue weighted by molar-refractivity contribution is 0.0113. The first-order valence-corrected chi connectivity index (χ1v) is 5.77. The van der Waals surface area contributed by atoms with E-state index in [1.807, 2.05) is 27.7 Å². The molecule has 1 atom stereocenters. The molecule has 0 aromatic carbocycles. The largest absolute Gasteiger partial charge is 0.444 e. The van der Waals surface area contributed by atoms with Gasteiger partial charge in [0, 0.05) is 26.2 Å². The van der Waals surface area contributed by atoms with E-state index in [1.54, 1.807) is 4.90 Å². The standard InChI is InChI=1S/C11H23N3O2/c1-9(12)13-5-7-14(8-6-13)10(15)16-11(2,3)4/h9H,5-8,12H2,1-4H3. The van der Waals surface area contributed by atoms with Crippen LogP contribution in [0.25, 0.3) is 0 Å². The first-order chi connectivity index (χ1) is 7.29. The molecule has 1 heterocycles. The van der Waals surface area contributed by atoms with Gasteiger partial charge in [-0.25, -0.2) is 4.79 Å². The van der Waals surface area contributed by atoms with Crippen molar-refractivity contribution in [1.29, 1.82) is 0 Å². The van der Waals surface area contributed by atoms with Crippen LogP contribution in [-0.4, -0.2) is 53.8 Å². The molecular formula is C11H23N3O2. The summed E-state index contributed by atoms with van der Waals surface area (Å²) >= 11 is 0. The molecule has 5 nitrogen and oxygen atoms in total. The van der Waals surface area contributed by atoms with Crippen LogP contribution >= 0.6 is 0 Å². The van der Waals surface area contributed by atoms with E-state index < -0.39 is 5.60 Å². The first-order valence-electron chi connectivity index (χ1n) is 5.77. The van der Waals surface area contributed by atoms with Gasteiger partial charge in [0.25, 0.3) is 0 Å². The van der Waals surface area contributed by atoms with Crippen molar-refractivity contribution in [2.75, 3.05) is 26.2 Å². The van der Waals surface area contributed by atoms with Gasteiger partial charge < -0.3 is 15.4 Å². The number of piperazine rings is 1. The van der Waals surface area contributed by atoms with Crippen molar-refractivity contribution in [3.63, 3.8) is 0 Å². The third-order valence-electron chi connectivity index (χ3n) is 2.54. The molecule has 1 aliphatic rings. The number of hydrogen-bond acceptors (Lipinski definition) is 4. The molecule has 1 fully saturated rings. The molecule has 1 aliphatic heterocycles. The number of nitrogens with zero attached hydrogens (tertiary/aromatic N) is 2. The van der Waals surface area contributed by atoms with Gasteiger partial charge in [0.1, 0.15) is 5.60 Å². The van der Waals surface area contributed by atoms with Crippen LogP contribution in [0.15, 0.2) is 0 Å². The smallest absolute Gasteiger partial charge is 0.410 e. The van der Waals surface area contributed by atoms with Gasteiger partial charge in [0.05, 0.1) is 6.17 Å². The molecule has 2 N–H and O–H groups in total. The predicted octanol–water partition coefficient (Wildman–Crippen LogP) is 0.844. The van der Waals surface area contributed by atoms with Crippen molar-refractivity contribution in [2.24, 2.45) is 5.73 Å². The second-order valence-corrected chi connectivity index (χ2v) is 5.24. The van der Waals surface area contributed by atoms with Gasteiger partial charge in [-0.1, -0.05) is 0 Å². The molecule has 1 rings (SSSR count). The van der Waals surface area contributed by atoms with Crippen molar-refractivity contribution in [1.82, 2.24) is 9.80 Å². The van der Waals surface area contributed by atoms with E-state index in [2.05, 4.69) is 4.90 Å². The minimum Gasteiger partial charge on any atom is -0.444 e. The fourth-order valence-electron chi connectivity index (χ4n) is 1.64. The van der Waals surface area contributed by atoms with Crippen molar-refractivity contribution >= 4 is 6.09 Å². The van der Waals surface area contributed by atoms with E-state index in [0.29, 0.717) is 13.1 Å². The van der Waals surface area contributed by atoms with E-state index in [-0.39, 0.29) is 12.3 Å². The highest BCUT2D eigenvalue weighted by atomic mass is 16.6. The van der Waals surface area contributed by atoms with E-state index >= 15 is 0 Å². The average Bonchev–Trinajstić information content (AvgIpc) is 2.15. The average molecular weight is 229 g/mol. The molecule has 0 aromatic heterocycles. The topological polar surface area (TPSA) is 58.8 Å². The molecule has 16 heavy (non-hydrogen) atoms. The van der Waals surface area contributed by atoms with Gasteiger partial charge >= 0.3 is 6.09 Å². The van der Waals surface area contributed by atoms with Crippen LogP contribution in [-0.2, 0) is 4.74 Å². The summed E-state index contributed by atoms with van der Waals surface area (Å²) in [6.45, 7) is 10.6. The molecule has 5 heteroatoms. The summed E-state index contributed by atoms with van der Waals surface area (Å²) < 4.78 is 5.31. The van der Waals surface area contributed by atoms with Crippen molar-refractivity contribution in [2.45, 2.75) is 39.5 Å². The summed E-state index contributed by atoms with van der Waals surface area (Å²) in [7, 11) is 0. The van der Waals surface area contributed by atoms with Crippen LogP contribution in [0.4, 0.5) is 4.79 Å². The SMILES string of the molecule is CC(N)N1CCN(C(=O)OC(C)(C)C)CC1. The Hall–Kier alpha value is -0.810. The van der Waals surface area contributed by atoms with E-state index in [0.717, 1.165) is 13.1 Å². The third kappa shape index (κ3) is 3.98.